The SMILES string of the molecule is COc1c(C)cc(CNC(=O)CCC(C)=O)cc1C. The van der Waals surface area contributed by atoms with Gasteiger partial charge in [-0.25, -0.2) is 0 Å². The number of nitrogens with one attached hydrogen (secondary N) is 1. The summed E-state index contributed by atoms with van der Waals surface area (Å²) in [5.74, 6) is 0.819. The van der Waals surface area contributed by atoms with Gasteiger partial charge in [0.2, 0.25) is 5.91 Å². The quantitative estimate of drug-likeness (QED) is 0.856. The number of hydrogen-bond donors (Lipinski definition) is 1. The van der Waals surface area contributed by atoms with E-state index in [-0.39, 0.29) is 18.1 Å². The number of carbonyl (C=O) groups is 2. The maximum Gasteiger partial charge on any atom is 0.220 e. The molecule has 0 atom stereocenters. The fraction of sp³-hybridized carbons (Fsp3) is 0.467. The van der Waals surface area contributed by atoms with Gasteiger partial charge in [0.25, 0.3) is 0 Å². The maximum absolute atomic E-state index is 11.5. The zero-order chi connectivity index (χ0) is 14.4. The molecule has 4 nitrogen and oxygen atoms in total. The van der Waals surface area contributed by atoms with E-state index in [0.29, 0.717) is 13.0 Å². The molecule has 0 unspecified atom stereocenters. The molecule has 0 heterocycles. The Morgan fingerprint density at radius 3 is 2.21 bits per heavy atom. The van der Waals surface area contributed by atoms with Crippen LogP contribution in [0.5, 0.6) is 5.75 Å². The van der Waals surface area contributed by atoms with E-state index in [1.54, 1.807) is 7.11 Å². The van der Waals surface area contributed by atoms with Gasteiger partial charge < -0.3 is 14.8 Å². The summed E-state index contributed by atoms with van der Waals surface area (Å²) in [5.41, 5.74) is 3.14. The number of aryl methyl sites for hydroxylation is 2. The first-order valence-electron chi connectivity index (χ1n) is 6.34. The van der Waals surface area contributed by atoms with Crippen molar-refractivity contribution < 1.29 is 14.3 Å². The third kappa shape index (κ3) is 4.73. The van der Waals surface area contributed by atoms with E-state index < -0.39 is 0 Å². The van der Waals surface area contributed by atoms with Crippen molar-refractivity contribution in [3.8, 4) is 5.75 Å². The van der Waals surface area contributed by atoms with Crippen LogP contribution in [0.15, 0.2) is 12.1 Å². The normalized spacial score (nSPS) is 10.1. The number of amides is 1. The summed E-state index contributed by atoms with van der Waals surface area (Å²) >= 11 is 0. The van der Waals surface area contributed by atoms with Crippen molar-refractivity contribution in [2.45, 2.75) is 40.2 Å². The molecule has 1 rings (SSSR count). The highest BCUT2D eigenvalue weighted by molar-refractivity contribution is 5.83. The lowest BCUT2D eigenvalue weighted by Crippen LogP contribution is -2.23. The van der Waals surface area contributed by atoms with Crippen LogP contribution in [0.2, 0.25) is 0 Å². The number of ketones is 1. The highest BCUT2D eigenvalue weighted by Gasteiger charge is 2.07. The van der Waals surface area contributed by atoms with E-state index in [1.165, 1.54) is 6.92 Å². The van der Waals surface area contributed by atoms with Crippen molar-refractivity contribution in [2.24, 2.45) is 0 Å². The molecule has 1 N–H and O–H groups in total. The lowest BCUT2D eigenvalue weighted by Gasteiger charge is -2.12. The minimum absolute atomic E-state index is 0.0336. The fourth-order valence-electron chi connectivity index (χ4n) is 2.04. The van der Waals surface area contributed by atoms with Crippen molar-refractivity contribution in [3.05, 3.63) is 28.8 Å². The van der Waals surface area contributed by atoms with Gasteiger partial charge in [-0.05, 0) is 37.5 Å². The minimum Gasteiger partial charge on any atom is -0.496 e. The molecule has 104 valence electrons. The Kier molecular flexibility index (Phi) is 5.55. The molecule has 1 aromatic rings. The summed E-state index contributed by atoms with van der Waals surface area (Å²) in [4.78, 5) is 22.3. The number of carbonyl (C=O) groups excluding carboxylic acids is 2. The predicted octanol–water partition coefficient (Wildman–Crippen LogP) is 2.30. The molecule has 0 aliphatic carbocycles. The second-order valence-electron chi connectivity index (χ2n) is 4.74. The molecule has 0 aliphatic rings. The largest absolute Gasteiger partial charge is 0.496 e. The number of benzene rings is 1. The van der Waals surface area contributed by atoms with Crippen molar-refractivity contribution in [1.29, 1.82) is 0 Å². The Hall–Kier alpha value is -1.84. The number of hydrogen-bond acceptors (Lipinski definition) is 3. The highest BCUT2D eigenvalue weighted by Crippen LogP contribution is 2.24. The first-order chi connectivity index (χ1) is 8.93. The van der Waals surface area contributed by atoms with Crippen molar-refractivity contribution in [2.75, 3.05) is 7.11 Å². The Balaban J connectivity index is 2.59. The third-order valence-corrected chi connectivity index (χ3v) is 2.92. The molecule has 19 heavy (non-hydrogen) atoms. The van der Waals surface area contributed by atoms with Crippen LogP contribution in [0.4, 0.5) is 0 Å². The first-order valence-corrected chi connectivity index (χ1v) is 6.34. The topological polar surface area (TPSA) is 55.4 Å². The van der Waals surface area contributed by atoms with Gasteiger partial charge in [-0.3, -0.25) is 4.79 Å². The average molecular weight is 263 g/mol. The second-order valence-corrected chi connectivity index (χ2v) is 4.74. The van der Waals surface area contributed by atoms with Crippen molar-refractivity contribution in [3.63, 3.8) is 0 Å². The Morgan fingerprint density at radius 1 is 1.16 bits per heavy atom. The predicted molar refractivity (Wildman–Crippen MR) is 74.2 cm³/mol. The summed E-state index contributed by atoms with van der Waals surface area (Å²) in [6.07, 6.45) is 0.552. The molecule has 0 saturated carbocycles. The van der Waals surface area contributed by atoms with Crippen LogP contribution in [-0.2, 0) is 16.1 Å². The van der Waals surface area contributed by atoms with Crippen LogP contribution in [0.3, 0.4) is 0 Å². The van der Waals surface area contributed by atoms with E-state index >= 15 is 0 Å². The van der Waals surface area contributed by atoms with Crippen LogP contribution in [0.25, 0.3) is 0 Å². The van der Waals surface area contributed by atoms with Crippen molar-refractivity contribution >= 4 is 11.7 Å². The third-order valence-electron chi connectivity index (χ3n) is 2.92. The van der Waals surface area contributed by atoms with Crippen LogP contribution >= 0.6 is 0 Å². The van der Waals surface area contributed by atoms with Crippen LogP contribution in [0.1, 0.15) is 36.5 Å². The zero-order valence-corrected chi connectivity index (χ0v) is 12.0. The zero-order valence-electron chi connectivity index (χ0n) is 12.0. The summed E-state index contributed by atoms with van der Waals surface area (Å²) in [6, 6.07) is 3.99. The van der Waals surface area contributed by atoms with Gasteiger partial charge in [0.05, 0.1) is 7.11 Å². The second kappa shape index (κ2) is 6.92. The summed E-state index contributed by atoms with van der Waals surface area (Å²) in [7, 11) is 1.65. The Bertz CT molecular complexity index is 457. The van der Waals surface area contributed by atoms with Crippen LogP contribution < -0.4 is 10.1 Å². The number of rotatable bonds is 6. The molecule has 0 aromatic heterocycles. The van der Waals surface area contributed by atoms with E-state index in [2.05, 4.69) is 5.32 Å². The van der Waals surface area contributed by atoms with E-state index in [0.717, 1.165) is 22.4 Å². The lowest BCUT2D eigenvalue weighted by molar-refractivity contribution is -0.124. The van der Waals surface area contributed by atoms with Gasteiger partial charge >= 0.3 is 0 Å². The van der Waals surface area contributed by atoms with Gasteiger partial charge in [-0.1, -0.05) is 12.1 Å². The van der Waals surface area contributed by atoms with Gasteiger partial charge in [0.1, 0.15) is 11.5 Å². The lowest BCUT2D eigenvalue weighted by atomic mass is 10.1. The monoisotopic (exact) mass is 263 g/mol. The highest BCUT2D eigenvalue weighted by atomic mass is 16.5. The minimum atomic E-state index is -0.0960. The standard InChI is InChI=1S/C15H21NO3/c1-10-7-13(8-11(2)15(10)19-4)9-16-14(18)6-5-12(3)17/h7-8H,5-6,9H2,1-4H3,(H,16,18). The molecule has 0 fully saturated rings. The number of methoxy groups -OCH3 is 1. The Morgan fingerprint density at radius 2 is 1.74 bits per heavy atom. The fourth-order valence-corrected chi connectivity index (χ4v) is 2.04. The van der Waals surface area contributed by atoms with E-state index in [1.807, 2.05) is 26.0 Å². The van der Waals surface area contributed by atoms with E-state index in [4.69, 9.17) is 4.74 Å². The average Bonchev–Trinajstić information content (AvgIpc) is 2.33. The molecule has 0 aliphatic heterocycles. The van der Waals surface area contributed by atoms with Gasteiger partial charge in [0, 0.05) is 19.4 Å². The summed E-state index contributed by atoms with van der Waals surface area (Å²) in [6.45, 7) is 5.92. The first kappa shape index (κ1) is 15.2. The molecule has 0 bridgehead atoms. The van der Waals surface area contributed by atoms with E-state index in [9.17, 15) is 9.59 Å². The van der Waals surface area contributed by atoms with Crippen LogP contribution in [-0.4, -0.2) is 18.8 Å². The molecule has 0 spiro atoms. The van der Waals surface area contributed by atoms with Gasteiger partial charge in [0.15, 0.2) is 0 Å². The summed E-state index contributed by atoms with van der Waals surface area (Å²) in [5, 5.41) is 2.81. The van der Waals surface area contributed by atoms with Crippen molar-refractivity contribution in [1.82, 2.24) is 5.32 Å². The Labute approximate surface area is 114 Å². The summed E-state index contributed by atoms with van der Waals surface area (Å²) < 4.78 is 5.30. The van der Waals surface area contributed by atoms with Crippen LogP contribution in [0, 0.1) is 13.8 Å². The van der Waals surface area contributed by atoms with Gasteiger partial charge in [-0.2, -0.15) is 0 Å². The maximum atomic E-state index is 11.5. The molecule has 0 saturated heterocycles. The smallest absolute Gasteiger partial charge is 0.220 e. The molecule has 1 aromatic carbocycles. The molecule has 4 heteroatoms. The molecule has 1 amide bonds. The number of ether oxygens (including phenoxy) is 1. The van der Waals surface area contributed by atoms with Gasteiger partial charge in [-0.15, -0.1) is 0 Å². The molecule has 0 radical (unpaired) electrons. The number of Topliss-reactive ketones (excluding diaryl/α,β-unsaturated/α-hetero) is 1. The molecular weight excluding hydrogens is 242 g/mol. The molecular formula is C15H21NO3.